The van der Waals surface area contributed by atoms with E-state index >= 15 is 0 Å². The molecule has 4 heterocycles. The Labute approximate surface area is 185 Å². The molecular weight excluding hydrogens is 409 g/mol. The second kappa shape index (κ2) is 8.68. The highest BCUT2D eigenvalue weighted by Crippen LogP contribution is 2.34. The van der Waals surface area contributed by atoms with Gasteiger partial charge in [0.05, 0.1) is 29.7 Å². The molecule has 5 rings (SSSR count). The second-order valence-electron chi connectivity index (χ2n) is 8.66. The van der Waals surface area contributed by atoms with Gasteiger partial charge in [0.15, 0.2) is 0 Å². The first-order valence-corrected chi connectivity index (χ1v) is 11.2. The molecule has 0 aliphatic carbocycles. The van der Waals surface area contributed by atoms with Crippen molar-refractivity contribution in [2.24, 2.45) is 5.92 Å². The number of piperidine rings is 1. The van der Waals surface area contributed by atoms with Gasteiger partial charge in [-0.3, -0.25) is 14.6 Å². The summed E-state index contributed by atoms with van der Waals surface area (Å²) in [6.45, 7) is 1.89. The molecule has 2 fully saturated rings. The number of rotatable bonds is 4. The number of hydrogen-bond acceptors (Lipinski definition) is 4. The van der Waals surface area contributed by atoms with Crippen LogP contribution in [0.4, 0.5) is 4.39 Å². The van der Waals surface area contributed by atoms with Crippen LogP contribution in [0.3, 0.4) is 0 Å². The smallest absolute Gasteiger partial charge is 0.226 e. The number of benzene rings is 1. The van der Waals surface area contributed by atoms with Crippen molar-refractivity contribution in [3.63, 3.8) is 0 Å². The SMILES string of the molecule is O=C(Cc1ccc(F)cc1)N1CCC(C(=O)N2CCCC2c2nc3ccncc3[nH]2)CC1. The van der Waals surface area contributed by atoms with Crippen LogP contribution in [0, 0.1) is 11.7 Å². The van der Waals surface area contributed by atoms with Gasteiger partial charge >= 0.3 is 0 Å². The molecule has 8 heteroatoms. The average Bonchev–Trinajstić information content (AvgIpc) is 3.47. The molecule has 2 aliphatic rings. The second-order valence-corrected chi connectivity index (χ2v) is 8.66. The lowest BCUT2D eigenvalue weighted by Crippen LogP contribution is -2.44. The lowest BCUT2D eigenvalue weighted by molar-refractivity contribution is -0.141. The van der Waals surface area contributed by atoms with Gasteiger partial charge in [0, 0.05) is 31.7 Å². The summed E-state index contributed by atoms with van der Waals surface area (Å²) in [7, 11) is 0. The summed E-state index contributed by atoms with van der Waals surface area (Å²) in [5.74, 6) is 0.636. The molecule has 166 valence electrons. The van der Waals surface area contributed by atoms with Crippen LogP contribution in [-0.2, 0) is 16.0 Å². The topological polar surface area (TPSA) is 82.2 Å². The van der Waals surface area contributed by atoms with Gasteiger partial charge in [0.25, 0.3) is 0 Å². The van der Waals surface area contributed by atoms with E-state index in [1.807, 2.05) is 15.9 Å². The minimum Gasteiger partial charge on any atom is -0.342 e. The van der Waals surface area contributed by atoms with Crippen molar-refractivity contribution >= 4 is 22.8 Å². The largest absolute Gasteiger partial charge is 0.342 e. The Balaban J connectivity index is 1.20. The molecule has 1 N–H and O–H groups in total. The van der Waals surface area contributed by atoms with E-state index in [9.17, 15) is 14.0 Å². The van der Waals surface area contributed by atoms with Crippen LogP contribution in [0.1, 0.15) is 43.1 Å². The van der Waals surface area contributed by atoms with Gasteiger partial charge in [-0.05, 0) is 49.4 Å². The Kier molecular flexibility index (Phi) is 5.59. The van der Waals surface area contributed by atoms with Crippen molar-refractivity contribution < 1.29 is 14.0 Å². The van der Waals surface area contributed by atoms with E-state index in [-0.39, 0.29) is 36.0 Å². The van der Waals surface area contributed by atoms with Crippen molar-refractivity contribution in [1.82, 2.24) is 24.8 Å². The van der Waals surface area contributed by atoms with E-state index in [2.05, 4.69) is 15.0 Å². The highest BCUT2D eigenvalue weighted by atomic mass is 19.1. The molecule has 2 aromatic heterocycles. The van der Waals surface area contributed by atoms with Crippen molar-refractivity contribution in [3.05, 3.63) is 59.9 Å². The molecule has 0 radical (unpaired) electrons. The number of amides is 2. The number of hydrogen-bond donors (Lipinski definition) is 1. The number of aromatic amines is 1. The zero-order valence-electron chi connectivity index (χ0n) is 17.8. The summed E-state index contributed by atoms with van der Waals surface area (Å²) in [6.07, 6.45) is 6.92. The maximum atomic E-state index is 13.3. The van der Waals surface area contributed by atoms with Gasteiger partial charge < -0.3 is 14.8 Å². The van der Waals surface area contributed by atoms with Gasteiger partial charge in [0.2, 0.25) is 11.8 Å². The fourth-order valence-electron chi connectivity index (χ4n) is 4.85. The van der Waals surface area contributed by atoms with Crippen LogP contribution < -0.4 is 0 Å². The standard InChI is InChI=1S/C24H26FN5O2/c25-18-5-3-16(4-6-18)14-22(31)29-12-8-17(9-13-29)24(32)30-11-1-2-21(30)23-27-19-7-10-26-15-20(19)28-23/h3-7,10,15,17,21H,1-2,8-9,11-14H2,(H,27,28). The van der Waals surface area contributed by atoms with Crippen molar-refractivity contribution in [2.45, 2.75) is 38.1 Å². The molecule has 0 spiro atoms. The van der Waals surface area contributed by atoms with E-state index in [0.717, 1.165) is 41.8 Å². The highest BCUT2D eigenvalue weighted by Gasteiger charge is 2.37. The van der Waals surface area contributed by atoms with Gasteiger partial charge in [-0.2, -0.15) is 0 Å². The van der Waals surface area contributed by atoms with E-state index in [1.165, 1.54) is 12.1 Å². The summed E-state index contributed by atoms with van der Waals surface area (Å²) in [5, 5.41) is 0. The molecule has 2 aliphatic heterocycles. The minimum atomic E-state index is -0.306. The maximum absolute atomic E-state index is 13.3. The van der Waals surface area contributed by atoms with Crippen molar-refractivity contribution in [2.75, 3.05) is 19.6 Å². The minimum absolute atomic E-state index is 0.0254. The fourth-order valence-corrected chi connectivity index (χ4v) is 4.85. The fraction of sp³-hybridized carbons (Fsp3) is 0.417. The van der Waals surface area contributed by atoms with Crippen LogP contribution in [0.25, 0.3) is 11.0 Å². The molecule has 7 nitrogen and oxygen atoms in total. The molecule has 0 saturated carbocycles. The Morgan fingerprint density at radius 3 is 2.59 bits per heavy atom. The number of carbonyl (C=O) groups is 2. The summed E-state index contributed by atoms with van der Waals surface area (Å²) >= 11 is 0. The zero-order valence-corrected chi connectivity index (χ0v) is 17.8. The van der Waals surface area contributed by atoms with E-state index < -0.39 is 0 Å². The molecular formula is C24H26FN5O2. The molecule has 1 aromatic carbocycles. The van der Waals surface area contributed by atoms with Crippen molar-refractivity contribution in [1.29, 1.82) is 0 Å². The molecule has 2 amide bonds. The quantitative estimate of drug-likeness (QED) is 0.682. The highest BCUT2D eigenvalue weighted by molar-refractivity contribution is 5.82. The first-order valence-electron chi connectivity index (χ1n) is 11.2. The lowest BCUT2D eigenvalue weighted by atomic mass is 9.94. The number of pyridine rings is 1. The number of imidazole rings is 1. The summed E-state index contributed by atoms with van der Waals surface area (Å²) in [4.78, 5) is 41.9. The van der Waals surface area contributed by atoms with Crippen LogP contribution in [0.15, 0.2) is 42.7 Å². The Morgan fingerprint density at radius 2 is 1.84 bits per heavy atom. The van der Waals surface area contributed by atoms with Crippen LogP contribution in [-0.4, -0.2) is 56.2 Å². The normalized spacial score (nSPS) is 19.6. The molecule has 3 aromatic rings. The summed E-state index contributed by atoms with van der Waals surface area (Å²) in [6, 6.07) is 7.87. The van der Waals surface area contributed by atoms with Crippen LogP contribution in [0.2, 0.25) is 0 Å². The number of H-pyrrole nitrogens is 1. The van der Waals surface area contributed by atoms with Crippen LogP contribution >= 0.6 is 0 Å². The van der Waals surface area contributed by atoms with Gasteiger partial charge in [0.1, 0.15) is 11.6 Å². The van der Waals surface area contributed by atoms with E-state index in [4.69, 9.17) is 0 Å². The van der Waals surface area contributed by atoms with Gasteiger partial charge in [-0.1, -0.05) is 12.1 Å². The number of fused-ring (bicyclic) bond motifs is 1. The number of nitrogens with zero attached hydrogens (tertiary/aromatic N) is 4. The van der Waals surface area contributed by atoms with Crippen LogP contribution in [0.5, 0.6) is 0 Å². The number of nitrogens with one attached hydrogen (secondary N) is 1. The number of aromatic nitrogens is 3. The summed E-state index contributed by atoms with van der Waals surface area (Å²) < 4.78 is 13.1. The predicted octanol–water partition coefficient (Wildman–Crippen LogP) is 3.24. The molecule has 0 bridgehead atoms. The Hall–Kier alpha value is -3.29. The maximum Gasteiger partial charge on any atom is 0.226 e. The van der Waals surface area contributed by atoms with Crippen molar-refractivity contribution in [3.8, 4) is 0 Å². The Bertz CT molecular complexity index is 1090. The monoisotopic (exact) mass is 435 g/mol. The first-order chi connectivity index (χ1) is 15.6. The van der Waals surface area contributed by atoms with Gasteiger partial charge in [-0.15, -0.1) is 0 Å². The lowest BCUT2D eigenvalue weighted by Gasteiger charge is -2.34. The summed E-state index contributed by atoms with van der Waals surface area (Å²) in [5.41, 5.74) is 2.55. The third-order valence-electron chi connectivity index (χ3n) is 6.62. The zero-order chi connectivity index (χ0) is 22.1. The predicted molar refractivity (Wildman–Crippen MR) is 117 cm³/mol. The number of likely N-dealkylation sites (tertiary alicyclic amines) is 2. The molecule has 1 atom stereocenters. The first kappa shape index (κ1) is 20.6. The van der Waals surface area contributed by atoms with E-state index in [1.54, 1.807) is 24.5 Å². The number of carbonyl (C=O) groups excluding carboxylic acids is 2. The molecule has 2 saturated heterocycles. The average molecular weight is 436 g/mol. The third-order valence-corrected chi connectivity index (χ3v) is 6.62. The molecule has 32 heavy (non-hydrogen) atoms. The third kappa shape index (κ3) is 4.09. The van der Waals surface area contributed by atoms with E-state index in [0.29, 0.717) is 25.9 Å². The van der Waals surface area contributed by atoms with Gasteiger partial charge in [-0.25, -0.2) is 9.37 Å². The number of halogens is 1. The Morgan fingerprint density at radius 1 is 1.06 bits per heavy atom. The molecule has 1 unspecified atom stereocenters.